The zero-order valence-corrected chi connectivity index (χ0v) is 13.2. The standard InChI is InChI=1S/C14H16N2O3S2/c1-2-11-12(21-6-5-20-11)13-15-14(19-16-13)9-7-8(17)3-4-10(9)18/h3-4,7,11-12,17-18H,2,5-6H2,1H3. The third-order valence-corrected chi connectivity index (χ3v) is 6.60. The maximum absolute atomic E-state index is 9.86. The molecule has 7 heteroatoms. The van der Waals surface area contributed by atoms with Gasteiger partial charge in [-0.3, -0.25) is 0 Å². The number of thioether (sulfide) groups is 2. The molecule has 2 unspecified atom stereocenters. The van der Waals surface area contributed by atoms with E-state index in [9.17, 15) is 10.2 Å². The highest BCUT2D eigenvalue weighted by Gasteiger charge is 2.30. The number of aromatic nitrogens is 2. The van der Waals surface area contributed by atoms with E-state index in [2.05, 4.69) is 17.1 Å². The molecular formula is C14H16N2O3S2. The summed E-state index contributed by atoms with van der Waals surface area (Å²) in [6.45, 7) is 2.17. The van der Waals surface area contributed by atoms with Gasteiger partial charge in [-0.1, -0.05) is 12.1 Å². The second-order valence-electron chi connectivity index (χ2n) is 4.77. The number of aromatic hydroxyl groups is 2. The first-order valence-corrected chi connectivity index (χ1v) is 8.88. The number of rotatable bonds is 3. The Hall–Kier alpha value is -1.34. The van der Waals surface area contributed by atoms with Crippen LogP contribution in [0.3, 0.4) is 0 Å². The molecule has 112 valence electrons. The Kier molecular flexibility index (Phi) is 4.30. The van der Waals surface area contributed by atoms with Crippen LogP contribution < -0.4 is 0 Å². The van der Waals surface area contributed by atoms with Gasteiger partial charge in [0.2, 0.25) is 0 Å². The van der Waals surface area contributed by atoms with Gasteiger partial charge in [-0.15, -0.1) is 11.8 Å². The second kappa shape index (κ2) is 6.19. The van der Waals surface area contributed by atoms with Gasteiger partial charge in [-0.05, 0) is 24.6 Å². The highest BCUT2D eigenvalue weighted by Crippen LogP contribution is 2.43. The molecule has 1 aromatic heterocycles. The SMILES string of the molecule is CCC1SCCSC1c1noc(-c2cc(O)ccc2O)n1. The molecule has 0 saturated carbocycles. The van der Waals surface area contributed by atoms with E-state index in [1.54, 1.807) is 0 Å². The van der Waals surface area contributed by atoms with Crippen molar-refractivity contribution in [2.45, 2.75) is 23.8 Å². The number of benzene rings is 1. The van der Waals surface area contributed by atoms with Gasteiger partial charge in [0.15, 0.2) is 5.82 Å². The molecule has 1 saturated heterocycles. The molecule has 1 aliphatic rings. The third-order valence-electron chi connectivity index (χ3n) is 3.36. The fourth-order valence-electron chi connectivity index (χ4n) is 2.30. The van der Waals surface area contributed by atoms with Crippen LogP contribution >= 0.6 is 23.5 Å². The number of phenols is 2. The van der Waals surface area contributed by atoms with E-state index in [1.165, 1.54) is 18.2 Å². The lowest BCUT2D eigenvalue weighted by atomic mass is 10.2. The van der Waals surface area contributed by atoms with Crippen molar-refractivity contribution in [1.82, 2.24) is 10.1 Å². The first-order valence-electron chi connectivity index (χ1n) is 6.78. The minimum Gasteiger partial charge on any atom is -0.508 e. The van der Waals surface area contributed by atoms with Crippen LogP contribution in [0.2, 0.25) is 0 Å². The quantitative estimate of drug-likeness (QED) is 0.837. The van der Waals surface area contributed by atoms with Crippen LogP contribution in [0.25, 0.3) is 11.5 Å². The third kappa shape index (κ3) is 2.98. The molecule has 1 aliphatic heterocycles. The van der Waals surface area contributed by atoms with Crippen molar-refractivity contribution in [3.8, 4) is 23.0 Å². The predicted octanol–water partition coefficient (Wildman–Crippen LogP) is 3.45. The topological polar surface area (TPSA) is 79.4 Å². The van der Waals surface area contributed by atoms with E-state index in [-0.39, 0.29) is 22.6 Å². The summed E-state index contributed by atoms with van der Waals surface area (Å²) in [6, 6.07) is 4.25. The van der Waals surface area contributed by atoms with Crippen molar-refractivity contribution < 1.29 is 14.7 Å². The number of nitrogens with zero attached hydrogens (tertiary/aromatic N) is 2. The Morgan fingerprint density at radius 2 is 2.10 bits per heavy atom. The van der Waals surface area contributed by atoms with Gasteiger partial charge >= 0.3 is 0 Å². The van der Waals surface area contributed by atoms with Crippen LogP contribution in [0, 0.1) is 0 Å². The van der Waals surface area contributed by atoms with Crippen LogP contribution in [0.1, 0.15) is 24.4 Å². The maximum atomic E-state index is 9.86. The minimum absolute atomic E-state index is 0.0145. The van der Waals surface area contributed by atoms with Crippen molar-refractivity contribution in [3.63, 3.8) is 0 Å². The van der Waals surface area contributed by atoms with Crippen LogP contribution in [0.4, 0.5) is 0 Å². The summed E-state index contributed by atoms with van der Waals surface area (Å²) in [5, 5.41) is 24.1. The summed E-state index contributed by atoms with van der Waals surface area (Å²) in [7, 11) is 0. The van der Waals surface area contributed by atoms with E-state index >= 15 is 0 Å². The molecule has 0 aliphatic carbocycles. The van der Waals surface area contributed by atoms with Crippen molar-refractivity contribution in [1.29, 1.82) is 0 Å². The Balaban J connectivity index is 1.90. The molecule has 2 heterocycles. The summed E-state index contributed by atoms with van der Waals surface area (Å²) < 4.78 is 5.28. The smallest absolute Gasteiger partial charge is 0.261 e. The molecule has 1 aromatic carbocycles. The summed E-state index contributed by atoms with van der Waals surface area (Å²) in [5.41, 5.74) is 0.357. The first-order chi connectivity index (χ1) is 10.2. The summed E-state index contributed by atoms with van der Waals surface area (Å²) in [4.78, 5) is 4.42. The van der Waals surface area contributed by atoms with Crippen LogP contribution in [-0.2, 0) is 0 Å². The molecule has 5 nitrogen and oxygen atoms in total. The molecule has 21 heavy (non-hydrogen) atoms. The fourth-order valence-corrected chi connectivity index (χ4v) is 5.28. The number of hydrogen-bond acceptors (Lipinski definition) is 7. The predicted molar refractivity (Wildman–Crippen MR) is 84.8 cm³/mol. The van der Waals surface area contributed by atoms with E-state index in [0.29, 0.717) is 16.6 Å². The maximum Gasteiger partial charge on any atom is 0.261 e. The molecule has 2 atom stereocenters. The second-order valence-corrected chi connectivity index (χ2v) is 7.36. The number of phenolic OH excluding ortho intramolecular Hbond substituents is 2. The van der Waals surface area contributed by atoms with Gasteiger partial charge < -0.3 is 14.7 Å². The van der Waals surface area contributed by atoms with Gasteiger partial charge in [-0.2, -0.15) is 16.7 Å². The molecular weight excluding hydrogens is 308 g/mol. The van der Waals surface area contributed by atoms with Crippen molar-refractivity contribution in [2.75, 3.05) is 11.5 Å². The zero-order valence-electron chi connectivity index (χ0n) is 11.5. The lowest BCUT2D eigenvalue weighted by Gasteiger charge is -2.27. The normalized spacial score (nSPS) is 22.3. The molecule has 0 radical (unpaired) electrons. The van der Waals surface area contributed by atoms with Crippen molar-refractivity contribution in [2.24, 2.45) is 0 Å². The molecule has 1 fully saturated rings. The van der Waals surface area contributed by atoms with E-state index < -0.39 is 0 Å². The van der Waals surface area contributed by atoms with Gasteiger partial charge in [0.05, 0.1) is 10.8 Å². The summed E-state index contributed by atoms with van der Waals surface area (Å²) in [6.07, 6.45) is 1.06. The zero-order chi connectivity index (χ0) is 14.8. The van der Waals surface area contributed by atoms with Crippen molar-refractivity contribution in [3.05, 3.63) is 24.0 Å². The lowest BCUT2D eigenvalue weighted by molar-refractivity contribution is 0.415. The van der Waals surface area contributed by atoms with E-state index in [4.69, 9.17) is 4.52 Å². The van der Waals surface area contributed by atoms with Gasteiger partial charge in [0, 0.05) is 16.8 Å². The fraction of sp³-hybridized carbons (Fsp3) is 0.429. The lowest BCUT2D eigenvalue weighted by Crippen LogP contribution is -2.19. The minimum atomic E-state index is 0.0145. The first kappa shape index (κ1) is 14.6. The van der Waals surface area contributed by atoms with Gasteiger partial charge in [-0.25, -0.2) is 0 Å². The molecule has 0 amide bonds. The number of hydrogen-bond donors (Lipinski definition) is 2. The van der Waals surface area contributed by atoms with E-state index in [1.807, 2.05) is 23.5 Å². The van der Waals surface area contributed by atoms with E-state index in [0.717, 1.165) is 17.9 Å². The average Bonchev–Trinajstić information content (AvgIpc) is 2.99. The molecule has 0 bridgehead atoms. The van der Waals surface area contributed by atoms with Crippen LogP contribution in [0.5, 0.6) is 11.5 Å². The Labute approximate surface area is 131 Å². The highest BCUT2D eigenvalue weighted by atomic mass is 32.2. The van der Waals surface area contributed by atoms with Crippen LogP contribution in [-0.4, -0.2) is 37.1 Å². The highest BCUT2D eigenvalue weighted by molar-refractivity contribution is 8.06. The largest absolute Gasteiger partial charge is 0.508 e. The Bertz CT molecular complexity index is 632. The van der Waals surface area contributed by atoms with Gasteiger partial charge in [0.25, 0.3) is 5.89 Å². The Morgan fingerprint density at radius 3 is 2.90 bits per heavy atom. The Morgan fingerprint density at radius 1 is 1.29 bits per heavy atom. The average molecular weight is 324 g/mol. The van der Waals surface area contributed by atoms with Gasteiger partial charge in [0.1, 0.15) is 11.5 Å². The summed E-state index contributed by atoms with van der Waals surface area (Å²) >= 11 is 3.79. The molecule has 2 aromatic rings. The molecule has 2 N–H and O–H groups in total. The molecule has 0 spiro atoms. The van der Waals surface area contributed by atoms with Crippen molar-refractivity contribution >= 4 is 23.5 Å². The monoisotopic (exact) mass is 324 g/mol. The molecule has 3 rings (SSSR count). The van der Waals surface area contributed by atoms with Crippen LogP contribution in [0.15, 0.2) is 22.7 Å². The summed E-state index contributed by atoms with van der Waals surface area (Å²) in [5.74, 6) is 3.20.